The van der Waals surface area contributed by atoms with E-state index in [4.69, 9.17) is 15.2 Å². The molecule has 0 aliphatic carbocycles. The second-order valence-corrected chi connectivity index (χ2v) is 5.60. The lowest BCUT2D eigenvalue weighted by molar-refractivity contribution is 0.296. The summed E-state index contributed by atoms with van der Waals surface area (Å²) in [5.41, 5.74) is 8.44. The van der Waals surface area contributed by atoms with Crippen LogP contribution in [-0.2, 0) is 12.8 Å². The van der Waals surface area contributed by atoms with Gasteiger partial charge in [-0.1, -0.05) is 13.0 Å². The molecule has 0 atom stereocenters. The molecule has 2 rings (SSSR count). The molecule has 0 saturated carbocycles. The third-order valence-corrected chi connectivity index (χ3v) is 3.11. The van der Waals surface area contributed by atoms with Crippen LogP contribution >= 0.6 is 0 Å². The summed E-state index contributed by atoms with van der Waals surface area (Å²) >= 11 is 0. The van der Waals surface area contributed by atoms with Crippen LogP contribution in [0, 0.1) is 0 Å². The monoisotopic (exact) mass is 249 g/mol. The van der Waals surface area contributed by atoms with E-state index in [9.17, 15) is 0 Å². The lowest BCUT2D eigenvalue weighted by Gasteiger charge is -2.22. The van der Waals surface area contributed by atoms with Crippen molar-refractivity contribution in [2.75, 3.05) is 13.2 Å². The standard InChI is InChI=1S/C15H23NO2/c1-4-12-11(10-15(2,3)16)6-7-13-14(12)18-9-5-8-17-13/h6-7H,4-5,8-10,16H2,1-3H3. The van der Waals surface area contributed by atoms with Gasteiger partial charge in [0.05, 0.1) is 13.2 Å². The molecule has 0 amide bonds. The van der Waals surface area contributed by atoms with Gasteiger partial charge in [-0.25, -0.2) is 0 Å². The average Bonchev–Trinajstić information content (AvgIpc) is 2.51. The minimum atomic E-state index is -0.205. The van der Waals surface area contributed by atoms with Crippen LogP contribution in [0.3, 0.4) is 0 Å². The van der Waals surface area contributed by atoms with E-state index < -0.39 is 0 Å². The molecule has 1 aliphatic heterocycles. The van der Waals surface area contributed by atoms with Gasteiger partial charge in [-0.2, -0.15) is 0 Å². The Morgan fingerprint density at radius 3 is 2.61 bits per heavy atom. The molecule has 0 radical (unpaired) electrons. The largest absolute Gasteiger partial charge is 0.490 e. The average molecular weight is 249 g/mol. The fraction of sp³-hybridized carbons (Fsp3) is 0.600. The first-order valence-electron chi connectivity index (χ1n) is 6.70. The molecule has 0 unspecified atom stereocenters. The molecule has 1 aromatic rings. The summed E-state index contributed by atoms with van der Waals surface area (Å²) in [6.45, 7) is 7.72. The van der Waals surface area contributed by atoms with Gasteiger partial charge in [0.15, 0.2) is 11.5 Å². The molecule has 3 nitrogen and oxygen atoms in total. The first-order chi connectivity index (χ1) is 8.51. The van der Waals surface area contributed by atoms with E-state index in [2.05, 4.69) is 26.8 Å². The number of rotatable bonds is 3. The van der Waals surface area contributed by atoms with Crippen molar-refractivity contribution >= 4 is 0 Å². The van der Waals surface area contributed by atoms with E-state index in [1.807, 2.05) is 6.07 Å². The van der Waals surface area contributed by atoms with Crippen molar-refractivity contribution in [1.82, 2.24) is 0 Å². The second-order valence-electron chi connectivity index (χ2n) is 5.60. The lowest BCUT2D eigenvalue weighted by Crippen LogP contribution is -2.34. The highest BCUT2D eigenvalue weighted by molar-refractivity contribution is 5.51. The van der Waals surface area contributed by atoms with Crippen molar-refractivity contribution in [3.05, 3.63) is 23.3 Å². The molecule has 0 fully saturated rings. The van der Waals surface area contributed by atoms with Gasteiger partial charge in [-0.05, 0) is 38.3 Å². The molecule has 0 aromatic heterocycles. The Kier molecular flexibility index (Phi) is 3.81. The van der Waals surface area contributed by atoms with Crippen LogP contribution in [-0.4, -0.2) is 18.8 Å². The van der Waals surface area contributed by atoms with Gasteiger partial charge >= 0.3 is 0 Å². The van der Waals surface area contributed by atoms with Gasteiger partial charge in [0.2, 0.25) is 0 Å². The Morgan fingerprint density at radius 1 is 1.22 bits per heavy atom. The fourth-order valence-electron chi connectivity index (χ4n) is 2.38. The number of benzene rings is 1. The van der Waals surface area contributed by atoms with Crippen molar-refractivity contribution in [2.45, 2.75) is 45.6 Å². The fourth-order valence-corrected chi connectivity index (χ4v) is 2.38. The van der Waals surface area contributed by atoms with Crippen LogP contribution in [0.1, 0.15) is 38.3 Å². The summed E-state index contributed by atoms with van der Waals surface area (Å²) in [7, 11) is 0. The lowest BCUT2D eigenvalue weighted by atomic mass is 9.91. The molecule has 3 heteroatoms. The molecule has 0 bridgehead atoms. The maximum Gasteiger partial charge on any atom is 0.164 e. The highest BCUT2D eigenvalue weighted by Gasteiger charge is 2.20. The number of fused-ring (bicyclic) bond motifs is 1. The zero-order chi connectivity index (χ0) is 13.2. The van der Waals surface area contributed by atoms with E-state index in [-0.39, 0.29) is 5.54 Å². The molecule has 100 valence electrons. The van der Waals surface area contributed by atoms with Crippen LogP contribution in [0.15, 0.2) is 12.1 Å². The smallest absolute Gasteiger partial charge is 0.164 e. The topological polar surface area (TPSA) is 44.5 Å². The quantitative estimate of drug-likeness (QED) is 0.895. The van der Waals surface area contributed by atoms with Crippen molar-refractivity contribution in [3.63, 3.8) is 0 Å². The Hall–Kier alpha value is -1.22. The molecule has 0 spiro atoms. The van der Waals surface area contributed by atoms with Crippen LogP contribution in [0.4, 0.5) is 0 Å². The molecule has 1 aromatic carbocycles. The normalized spacial score (nSPS) is 15.3. The Bertz CT molecular complexity index is 421. The summed E-state index contributed by atoms with van der Waals surface area (Å²) in [5, 5.41) is 0. The Labute approximate surface area is 109 Å². The number of ether oxygens (including phenoxy) is 2. The highest BCUT2D eigenvalue weighted by Crippen LogP contribution is 2.36. The first kappa shape index (κ1) is 13.2. The van der Waals surface area contributed by atoms with E-state index in [0.29, 0.717) is 0 Å². The van der Waals surface area contributed by atoms with Crippen molar-refractivity contribution in [3.8, 4) is 11.5 Å². The predicted octanol–water partition coefficient (Wildman–Crippen LogP) is 2.69. The molecule has 1 heterocycles. The van der Waals surface area contributed by atoms with Crippen molar-refractivity contribution in [1.29, 1.82) is 0 Å². The summed E-state index contributed by atoms with van der Waals surface area (Å²) in [5.74, 6) is 1.81. The van der Waals surface area contributed by atoms with E-state index >= 15 is 0 Å². The predicted molar refractivity (Wildman–Crippen MR) is 73.4 cm³/mol. The molecule has 0 saturated heterocycles. The van der Waals surface area contributed by atoms with Crippen molar-refractivity contribution < 1.29 is 9.47 Å². The van der Waals surface area contributed by atoms with Gasteiger partial charge in [0.1, 0.15) is 0 Å². The zero-order valence-corrected chi connectivity index (χ0v) is 11.6. The maximum atomic E-state index is 6.13. The molecular formula is C15H23NO2. The van der Waals surface area contributed by atoms with Crippen molar-refractivity contribution in [2.24, 2.45) is 5.73 Å². The van der Waals surface area contributed by atoms with Crippen LogP contribution in [0.5, 0.6) is 11.5 Å². The van der Waals surface area contributed by atoms with E-state index in [1.54, 1.807) is 0 Å². The van der Waals surface area contributed by atoms with Gasteiger partial charge in [0.25, 0.3) is 0 Å². The summed E-state index contributed by atoms with van der Waals surface area (Å²) in [6.07, 6.45) is 2.74. The summed E-state index contributed by atoms with van der Waals surface area (Å²) in [4.78, 5) is 0. The van der Waals surface area contributed by atoms with Crippen LogP contribution in [0.25, 0.3) is 0 Å². The van der Waals surface area contributed by atoms with Crippen LogP contribution < -0.4 is 15.2 Å². The number of nitrogens with two attached hydrogens (primary N) is 1. The molecule has 2 N–H and O–H groups in total. The SMILES string of the molecule is CCc1c(CC(C)(C)N)ccc2c1OCCCO2. The second kappa shape index (κ2) is 5.19. The van der Waals surface area contributed by atoms with Gasteiger partial charge in [0, 0.05) is 17.5 Å². The van der Waals surface area contributed by atoms with Gasteiger partial charge in [-0.15, -0.1) is 0 Å². The Balaban J connectivity index is 2.40. The number of hydrogen-bond acceptors (Lipinski definition) is 3. The molecule has 18 heavy (non-hydrogen) atoms. The Morgan fingerprint density at radius 2 is 1.94 bits per heavy atom. The molecular weight excluding hydrogens is 226 g/mol. The minimum absolute atomic E-state index is 0.205. The highest BCUT2D eigenvalue weighted by atomic mass is 16.5. The third-order valence-electron chi connectivity index (χ3n) is 3.11. The van der Waals surface area contributed by atoms with E-state index in [1.165, 1.54) is 11.1 Å². The third kappa shape index (κ3) is 2.96. The minimum Gasteiger partial charge on any atom is -0.490 e. The zero-order valence-electron chi connectivity index (χ0n) is 11.6. The van der Waals surface area contributed by atoms with Crippen LogP contribution in [0.2, 0.25) is 0 Å². The van der Waals surface area contributed by atoms with Gasteiger partial charge < -0.3 is 15.2 Å². The molecule has 1 aliphatic rings. The van der Waals surface area contributed by atoms with E-state index in [0.717, 1.165) is 44.0 Å². The summed E-state index contributed by atoms with van der Waals surface area (Å²) < 4.78 is 11.6. The van der Waals surface area contributed by atoms with Gasteiger partial charge in [-0.3, -0.25) is 0 Å². The first-order valence-corrected chi connectivity index (χ1v) is 6.70. The maximum absolute atomic E-state index is 6.13. The summed E-state index contributed by atoms with van der Waals surface area (Å²) in [6, 6.07) is 4.14. The number of hydrogen-bond donors (Lipinski definition) is 1.